The molecule has 1 aliphatic heterocycles. The molecule has 9 nitrogen and oxygen atoms in total. The van der Waals surface area contributed by atoms with E-state index in [0.29, 0.717) is 22.6 Å². The number of hydrogen-bond donors (Lipinski definition) is 2. The van der Waals surface area contributed by atoms with Crippen LogP contribution in [0.5, 0.6) is 5.75 Å². The van der Waals surface area contributed by atoms with Crippen LogP contribution in [0.4, 0.5) is 18.9 Å². The van der Waals surface area contributed by atoms with Crippen LogP contribution in [0.2, 0.25) is 0 Å². The highest BCUT2D eigenvalue weighted by molar-refractivity contribution is 6.01. The normalized spacial score (nSPS) is 11.7. The molecule has 0 unspecified atom stereocenters. The molecule has 0 spiro atoms. The highest BCUT2D eigenvalue weighted by Crippen LogP contribution is 2.39. The number of aryl methyl sites for hydroxylation is 1. The Morgan fingerprint density at radius 1 is 1.05 bits per heavy atom. The molecule has 1 aliphatic rings. The average Bonchev–Trinajstić information content (AvgIpc) is 3.26. The second kappa shape index (κ2) is 10.6. The largest absolute Gasteiger partial charge is 0.488 e. The number of halogens is 3. The summed E-state index contributed by atoms with van der Waals surface area (Å²) in [6.07, 6.45) is 0. The molecule has 2 amide bonds. The minimum atomic E-state index is -1.32. The topological polar surface area (TPSA) is 114 Å². The SMILES string of the molecule is Cn1nc(C(=O)N(CC(=O)Nc2cc(C(=O)O)ccc2F)Cc2ccccc2F)c2c1-c1cc(F)ccc1OC2. The predicted octanol–water partition coefficient (Wildman–Crippen LogP) is 4.38. The summed E-state index contributed by atoms with van der Waals surface area (Å²) < 4.78 is 50.0. The van der Waals surface area contributed by atoms with Crippen LogP contribution in [0.3, 0.4) is 0 Å². The molecule has 3 aromatic carbocycles. The molecule has 0 fully saturated rings. The Morgan fingerprint density at radius 2 is 1.82 bits per heavy atom. The summed E-state index contributed by atoms with van der Waals surface area (Å²) in [5.41, 5.74) is 0.559. The van der Waals surface area contributed by atoms with Crippen molar-refractivity contribution in [2.45, 2.75) is 13.2 Å². The van der Waals surface area contributed by atoms with Crippen molar-refractivity contribution in [1.29, 1.82) is 0 Å². The molecule has 0 saturated carbocycles. The van der Waals surface area contributed by atoms with Gasteiger partial charge in [-0.25, -0.2) is 18.0 Å². The summed E-state index contributed by atoms with van der Waals surface area (Å²) in [7, 11) is 1.57. The third kappa shape index (κ3) is 5.10. The van der Waals surface area contributed by atoms with Crippen LogP contribution in [0.15, 0.2) is 60.7 Å². The van der Waals surface area contributed by atoms with Crippen LogP contribution < -0.4 is 10.1 Å². The molecule has 12 heteroatoms. The van der Waals surface area contributed by atoms with Crippen molar-refractivity contribution in [1.82, 2.24) is 14.7 Å². The number of aromatic nitrogens is 2. The number of fused-ring (bicyclic) bond motifs is 3. The highest BCUT2D eigenvalue weighted by atomic mass is 19.1. The fourth-order valence-corrected chi connectivity index (χ4v) is 4.48. The minimum Gasteiger partial charge on any atom is -0.488 e. The first-order valence-corrected chi connectivity index (χ1v) is 12.0. The highest BCUT2D eigenvalue weighted by Gasteiger charge is 2.32. The number of carbonyl (C=O) groups excluding carboxylic acids is 2. The maximum absolute atomic E-state index is 14.5. The van der Waals surface area contributed by atoms with Crippen molar-refractivity contribution >= 4 is 23.5 Å². The van der Waals surface area contributed by atoms with Gasteiger partial charge in [-0.05, 0) is 42.5 Å². The van der Waals surface area contributed by atoms with Gasteiger partial charge in [-0.15, -0.1) is 0 Å². The fraction of sp³-hybridized carbons (Fsp3) is 0.143. The number of benzene rings is 3. The molecule has 1 aromatic heterocycles. The van der Waals surface area contributed by atoms with Gasteiger partial charge in [0.1, 0.15) is 36.4 Å². The van der Waals surface area contributed by atoms with E-state index in [0.717, 1.165) is 23.1 Å². The third-order valence-electron chi connectivity index (χ3n) is 6.34. The number of rotatable bonds is 7. The number of nitrogens with one attached hydrogen (secondary N) is 1. The summed E-state index contributed by atoms with van der Waals surface area (Å²) in [6.45, 7) is -1.05. The monoisotopic (exact) mass is 550 g/mol. The van der Waals surface area contributed by atoms with E-state index in [1.165, 1.54) is 41.1 Å². The lowest BCUT2D eigenvalue weighted by Gasteiger charge is -2.23. The van der Waals surface area contributed by atoms with Gasteiger partial charge in [0, 0.05) is 30.3 Å². The third-order valence-corrected chi connectivity index (χ3v) is 6.34. The lowest BCUT2D eigenvalue weighted by atomic mass is 10.0. The summed E-state index contributed by atoms with van der Waals surface area (Å²) in [5, 5.41) is 15.8. The molecule has 0 radical (unpaired) electrons. The van der Waals surface area contributed by atoms with Crippen molar-refractivity contribution < 1.29 is 37.4 Å². The first-order chi connectivity index (χ1) is 19.1. The molecular formula is C28H21F3N4O5. The first kappa shape index (κ1) is 26.5. The number of amides is 2. The van der Waals surface area contributed by atoms with Gasteiger partial charge in [-0.1, -0.05) is 18.2 Å². The van der Waals surface area contributed by atoms with Crippen LogP contribution >= 0.6 is 0 Å². The molecule has 0 saturated heterocycles. The maximum atomic E-state index is 14.5. The number of hydrogen-bond acceptors (Lipinski definition) is 5. The van der Waals surface area contributed by atoms with Crippen molar-refractivity contribution in [2.75, 3.05) is 11.9 Å². The zero-order valence-electron chi connectivity index (χ0n) is 21.0. The molecule has 0 atom stereocenters. The number of anilines is 1. The number of ether oxygens (including phenoxy) is 1. The van der Waals surface area contributed by atoms with Gasteiger partial charge in [-0.3, -0.25) is 14.3 Å². The number of carboxylic acids is 1. The standard InChI is InChI=1S/C28H21F3N4O5/c1-34-26-18-11-17(29)7-9-23(18)40-14-19(26)25(33-34)27(37)35(12-16-4-2-3-5-20(16)30)13-24(36)32-22-10-15(28(38)39)6-8-21(22)31/h2-11H,12-14H2,1H3,(H,32,36)(H,38,39). The average molecular weight is 550 g/mol. The van der Waals surface area contributed by atoms with Gasteiger partial charge in [0.25, 0.3) is 5.91 Å². The van der Waals surface area contributed by atoms with Gasteiger partial charge in [0.15, 0.2) is 5.69 Å². The van der Waals surface area contributed by atoms with Crippen LogP contribution in [0, 0.1) is 17.5 Å². The minimum absolute atomic E-state index is 0.0597. The lowest BCUT2D eigenvalue weighted by molar-refractivity contribution is -0.117. The van der Waals surface area contributed by atoms with Gasteiger partial charge in [0.2, 0.25) is 5.91 Å². The number of nitrogens with zero attached hydrogens (tertiary/aromatic N) is 3. The molecule has 2 N–H and O–H groups in total. The van der Waals surface area contributed by atoms with Crippen LogP contribution in [0.1, 0.15) is 32.0 Å². The van der Waals surface area contributed by atoms with E-state index in [-0.39, 0.29) is 30.0 Å². The molecule has 0 bridgehead atoms. The Kier molecular flexibility index (Phi) is 6.99. The van der Waals surface area contributed by atoms with Gasteiger partial charge in [-0.2, -0.15) is 5.10 Å². The predicted molar refractivity (Wildman–Crippen MR) is 136 cm³/mol. The summed E-state index contributed by atoms with van der Waals surface area (Å²) >= 11 is 0. The van der Waals surface area contributed by atoms with Crippen molar-refractivity contribution in [3.8, 4) is 17.0 Å². The Bertz CT molecular complexity index is 1670. The van der Waals surface area contributed by atoms with Gasteiger partial charge in [0.05, 0.1) is 16.9 Å². The number of carbonyl (C=O) groups is 3. The van der Waals surface area contributed by atoms with Crippen LogP contribution in [0.25, 0.3) is 11.3 Å². The van der Waals surface area contributed by atoms with Gasteiger partial charge >= 0.3 is 5.97 Å². The molecule has 40 heavy (non-hydrogen) atoms. The van der Waals surface area contributed by atoms with E-state index in [4.69, 9.17) is 4.74 Å². The van der Waals surface area contributed by atoms with Crippen molar-refractivity contribution in [3.05, 3.63) is 100 Å². The molecule has 5 rings (SSSR count). The van der Waals surface area contributed by atoms with Crippen LogP contribution in [-0.2, 0) is 25.0 Å². The summed E-state index contributed by atoms with van der Waals surface area (Å²) in [4.78, 5) is 39.0. The van der Waals surface area contributed by atoms with E-state index in [9.17, 15) is 32.7 Å². The van der Waals surface area contributed by atoms with E-state index < -0.39 is 47.5 Å². The second-order valence-electron chi connectivity index (χ2n) is 9.03. The van der Waals surface area contributed by atoms with Crippen molar-refractivity contribution in [3.63, 3.8) is 0 Å². The first-order valence-electron chi connectivity index (χ1n) is 12.0. The maximum Gasteiger partial charge on any atom is 0.335 e. The number of aromatic carboxylic acids is 1. The van der Waals surface area contributed by atoms with E-state index in [1.54, 1.807) is 13.1 Å². The Balaban J connectivity index is 1.48. The molecular weight excluding hydrogens is 529 g/mol. The van der Waals surface area contributed by atoms with Crippen LogP contribution in [-0.4, -0.2) is 44.1 Å². The lowest BCUT2D eigenvalue weighted by Crippen LogP contribution is -2.38. The second-order valence-corrected chi connectivity index (χ2v) is 9.03. The Hall–Kier alpha value is -5.13. The zero-order valence-corrected chi connectivity index (χ0v) is 21.0. The van der Waals surface area contributed by atoms with E-state index >= 15 is 0 Å². The quantitative estimate of drug-likeness (QED) is 0.353. The molecule has 2 heterocycles. The Morgan fingerprint density at radius 3 is 2.58 bits per heavy atom. The zero-order chi connectivity index (χ0) is 28.6. The molecule has 204 valence electrons. The fourth-order valence-electron chi connectivity index (χ4n) is 4.48. The number of carboxylic acid groups (broad SMARTS) is 1. The van der Waals surface area contributed by atoms with E-state index in [2.05, 4.69) is 10.4 Å². The van der Waals surface area contributed by atoms with Gasteiger partial charge < -0.3 is 20.1 Å². The molecule has 4 aromatic rings. The molecule has 0 aliphatic carbocycles. The smallest absolute Gasteiger partial charge is 0.335 e. The van der Waals surface area contributed by atoms with Crippen molar-refractivity contribution in [2.24, 2.45) is 7.05 Å². The summed E-state index contributed by atoms with van der Waals surface area (Å²) in [6, 6.07) is 12.5. The summed E-state index contributed by atoms with van der Waals surface area (Å²) in [5.74, 6) is -4.54. The van der Waals surface area contributed by atoms with E-state index in [1.807, 2.05) is 0 Å². The Labute approximate surface area is 225 Å².